The molecule has 0 saturated heterocycles. The molecule has 1 aliphatic carbocycles. The molecule has 1 aromatic carbocycles. The quantitative estimate of drug-likeness (QED) is 0.646. The average molecular weight is 262 g/mol. The van der Waals surface area contributed by atoms with Crippen molar-refractivity contribution in [2.45, 2.75) is 39.2 Å². The average Bonchev–Trinajstić information content (AvgIpc) is 2.77. The molecule has 0 heterocycles. The molecule has 104 valence electrons. The molecule has 2 rings (SSSR count). The Kier molecular flexibility index (Phi) is 4.30. The zero-order chi connectivity index (χ0) is 13.8. The Morgan fingerprint density at radius 2 is 2.26 bits per heavy atom. The highest BCUT2D eigenvalue weighted by atomic mass is 16.5. The molecule has 4 nitrogen and oxygen atoms in total. The van der Waals surface area contributed by atoms with Gasteiger partial charge in [0.25, 0.3) is 0 Å². The minimum absolute atomic E-state index is 0.357. The Morgan fingerprint density at radius 1 is 1.47 bits per heavy atom. The molecule has 0 amide bonds. The molecule has 0 aromatic heterocycles. The lowest BCUT2D eigenvalue weighted by molar-refractivity contribution is 0.0527. The summed E-state index contributed by atoms with van der Waals surface area (Å²) < 4.78 is 5.00. The number of nitrogens with two attached hydrogens (primary N) is 1. The van der Waals surface area contributed by atoms with Crippen molar-refractivity contribution in [2.75, 3.05) is 17.7 Å². The Morgan fingerprint density at radius 3 is 2.89 bits per heavy atom. The standard InChI is InChI=1S/C15H22N2O2/c1-3-19-15(18)13-9-12(6-7-14(13)16)17-11-5-4-10(2)8-11/h6-7,9-11,17H,3-5,8,16H2,1-2H3. The monoisotopic (exact) mass is 262 g/mol. The van der Waals surface area contributed by atoms with E-state index in [0.29, 0.717) is 23.9 Å². The van der Waals surface area contributed by atoms with E-state index in [-0.39, 0.29) is 5.97 Å². The van der Waals surface area contributed by atoms with Gasteiger partial charge in [0.15, 0.2) is 0 Å². The molecule has 4 heteroatoms. The number of nitrogen functional groups attached to an aromatic ring is 1. The Bertz CT molecular complexity index is 459. The first-order valence-corrected chi connectivity index (χ1v) is 6.93. The molecule has 3 N–H and O–H groups in total. The highest BCUT2D eigenvalue weighted by Gasteiger charge is 2.21. The lowest BCUT2D eigenvalue weighted by atomic mass is 10.1. The number of rotatable bonds is 4. The summed E-state index contributed by atoms with van der Waals surface area (Å²) >= 11 is 0. The zero-order valence-corrected chi connectivity index (χ0v) is 11.6. The second-order valence-electron chi connectivity index (χ2n) is 5.28. The number of carbonyl (C=O) groups excluding carboxylic acids is 1. The van der Waals surface area contributed by atoms with Crippen molar-refractivity contribution in [3.8, 4) is 0 Å². The summed E-state index contributed by atoms with van der Waals surface area (Å²) in [5.74, 6) is 0.416. The number of nitrogens with one attached hydrogen (secondary N) is 1. The second kappa shape index (κ2) is 5.95. The Hall–Kier alpha value is -1.71. The minimum atomic E-state index is -0.358. The summed E-state index contributed by atoms with van der Waals surface area (Å²) in [6.45, 7) is 4.42. The van der Waals surface area contributed by atoms with Crippen LogP contribution in [0.15, 0.2) is 18.2 Å². The number of anilines is 2. The fourth-order valence-electron chi connectivity index (χ4n) is 2.61. The number of hydrogen-bond donors (Lipinski definition) is 2. The van der Waals surface area contributed by atoms with Gasteiger partial charge in [-0.15, -0.1) is 0 Å². The summed E-state index contributed by atoms with van der Waals surface area (Å²) in [6, 6.07) is 5.96. The molecule has 2 unspecified atom stereocenters. The summed E-state index contributed by atoms with van der Waals surface area (Å²) in [5.41, 5.74) is 7.67. The van der Waals surface area contributed by atoms with Crippen LogP contribution in [-0.2, 0) is 4.74 Å². The van der Waals surface area contributed by atoms with Crippen LogP contribution in [0.3, 0.4) is 0 Å². The molecule has 19 heavy (non-hydrogen) atoms. The van der Waals surface area contributed by atoms with Crippen LogP contribution in [0, 0.1) is 5.92 Å². The van der Waals surface area contributed by atoms with Crippen molar-refractivity contribution in [2.24, 2.45) is 5.92 Å². The van der Waals surface area contributed by atoms with E-state index < -0.39 is 0 Å². The number of carbonyl (C=O) groups is 1. The SMILES string of the molecule is CCOC(=O)c1cc(NC2CCC(C)C2)ccc1N. The van der Waals surface area contributed by atoms with Crippen LogP contribution in [-0.4, -0.2) is 18.6 Å². The fraction of sp³-hybridized carbons (Fsp3) is 0.533. The first kappa shape index (κ1) is 13.7. The van der Waals surface area contributed by atoms with E-state index in [9.17, 15) is 4.79 Å². The molecule has 0 spiro atoms. The van der Waals surface area contributed by atoms with E-state index in [4.69, 9.17) is 10.5 Å². The van der Waals surface area contributed by atoms with E-state index in [1.807, 2.05) is 6.07 Å². The molecular formula is C15H22N2O2. The van der Waals surface area contributed by atoms with Gasteiger partial charge >= 0.3 is 5.97 Å². The lowest BCUT2D eigenvalue weighted by Crippen LogP contribution is -2.16. The van der Waals surface area contributed by atoms with Crippen LogP contribution < -0.4 is 11.1 Å². The van der Waals surface area contributed by atoms with Crippen molar-refractivity contribution in [1.82, 2.24) is 0 Å². The van der Waals surface area contributed by atoms with Gasteiger partial charge in [0, 0.05) is 17.4 Å². The molecule has 0 aliphatic heterocycles. The van der Waals surface area contributed by atoms with Crippen LogP contribution in [0.1, 0.15) is 43.5 Å². The van der Waals surface area contributed by atoms with E-state index >= 15 is 0 Å². The normalized spacial score (nSPS) is 22.2. The van der Waals surface area contributed by atoms with Crippen LogP contribution in [0.2, 0.25) is 0 Å². The third kappa shape index (κ3) is 3.40. The van der Waals surface area contributed by atoms with Gasteiger partial charge in [0.1, 0.15) is 0 Å². The highest BCUT2D eigenvalue weighted by molar-refractivity contribution is 5.96. The van der Waals surface area contributed by atoms with Crippen molar-refractivity contribution >= 4 is 17.3 Å². The third-order valence-corrected chi connectivity index (χ3v) is 3.61. The Labute approximate surface area is 114 Å². The molecule has 1 fully saturated rings. The van der Waals surface area contributed by atoms with Gasteiger partial charge < -0.3 is 15.8 Å². The molecule has 0 radical (unpaired) electrons. The smallest absolute Gasteiger partial charge is 0.340 e. The van der Waals surface area contributed by atoms with Gasteiger partial charge in [-0.25, -0.2) is 4.79 Å². The maximum Gasteiger partial charge on any atom is 0.340 e. The fourth-order valence-corrected chi connectivity index (χ4v) is 2.61. The number of hydrogen-bond acceptors (Lipinski definition) is 4. The van der Waals surface area contributed by atoms with E-state index in [0.717, 1.165) is 11.6 Å². The first-order valence-electron chi connectivity index (χ1n) is 6.93. The van der Waals surface area contributed by atoms with Crippen molar-refractivity contribution in [3.05, 3.63) is 23.8 Å². The minimum Gasteiger partial charge on any atom is -0.462 e. The van der Waals surface area contributed by atoms with Gasteiger partial charge in [-0.3, -0.25) is 0 Å². The van der Waals surface area contributed by atoms with E-state index in [1.54, 1.807) is 19.1 Å². The van der Waals surface area contributed by atoms with Crippen molar-refractivity contribution < 1.29 is 9.53 Å². The van der Waals surface area contributed by atoms with Gasteiger partial charge in [0.2, 0.25) is 0 Å². The number of ether oxygens (including phenoxy) is 1. The van der Waals surface area contributed by atoms with Crippen molar-refractivity contribution in [3.63, 3.8) is 0 Å². The van der Waals surface area contributed by atoms with Gasteiger partial charge in [-0.05, 0) is 50.3 Å². The van der Waals surface area contributed by atoms with Crippen LogP contribution in [0.4, 0.5) is 11.4 Å². The van der Waals surface area contributed by atoms with Gasteiger partial charge in [-0.1, -0.05) is 6.92 Å². The molecule has 1 saturated carbocycles. The predicted molar refractivity (Wildman–Crippen MR) is 77.2 cm³/mol. The van der Waals surface area contributed by atoms with Gasteiger partial charge in [-0.2, -0.15) is 0 Å². The van der Waals surface area contributed by atoms with Crippen LogP contribution in [0.5, 0.6) is 0 Å². The molecule has 2 atom stereocenters. The lowest BCUT2D eigenvalue weighted by Gasteiger charge is -2.15. The predicted octanol–water partition coefficient (Wildman–Crippen LogP) is 3.05. The molecule has 0 bridgehead atoms. The number of esters is 1. The summed E-state index contributed by atoms with van der Waals surface area (Å²) in [7, 11) is 0. The zero-order valence-electron chi connectivity index (χ0n) is 11.6. The topological polar surface area (TPSA) is 64.3 Å². The third-order valence-electron chi connectivity index (χ3n) is 3.61. The molecule has 1 aromatic rings. The Balaban J connectivity index is 2.09. The van der Waals surface area contributed by atoms with E-state index in [2.05, 4.69) is 12.2 Å². The summed E-state index contributed by atoms with van der Waals surface area (Å²) in [6.07, 6.45) is 3.62. The summed E-state index contributed by atoms with van der Waals surface area (Å²) in [5, 5.41) is 3.47. The molecule has 1 aliphatic rings. The van der Waals surface area contributed by atoms with Crippen molar-refractivity contribution in [1.29, 1.82) is 0 Å². The molecular weight excluding hydrogens is 240 g/mol. The van der Waals surface area contributed by atoms with Gasteiger partial charge in [0.05, 0.1) is 12.2 Å². The number of benzene rings is 1. The highest BCUT2D eigenvalue weighted by Crippen LogP contribution is 2.28. The maximum atomic E-state index is 11.8. The maximum absolute atomic E-state index is 11.8. The van der Waals surface area contributed by atoms with Crippen LogP contribution in [0.25, 0.3) is 0 Å². The van der Waals surface area contributed by atoms with Crippen LogP contribution >= 0.6 is 0 Å². The second-order valence-corrected chi connectivity index (χ2v) is 5.28. The first-order chi connectivity index (χ1) is 9.10. The largest absolute Gasteiger partial charge is 0.462 e. The summed E-state index contributed by atoms with van der Waals surface area (Å²) in [4.78, 5) is 11.8. The van der Waals surface area contributed by atoms with E-state index in [1.165, 1.54) is 19.3 Å².